The number of hydrogen-bond donors (Lipinski definition) is 0. The molecule has 6 heteroatoms. The van der Waals surface area contributed by atoms with E-state index in [1.807, 2.05) is 72.2 Å². The van der Waals surface area contributed by atoms with E-state index >= 15 is 0 Å². The Morgan fingerprint density at radius 3 is 2.62 bits per heavy atom. The predicted molar refractivity (Wildman–Crippen MR) is 102 cm³/mol. The number of ketones is 1. The summed E-state index contributed by atoms with van der Waals surface area (Å²) in [5.74, 6) is 1.76. The maximum absolute atomic E-state index is 12.3. The number of thioether (sulfide) groups is 1. The number of furan rings is 1. The molecule has 5 nitrogen and oxygen atoms in total. The van der Waals surface area contributed by atoms with Crippen LogP contribution in [0, 0.1) is 0 Å². The number of Topliss-reactive ketones (excluding diaryl/α,β-unsaturated/α-hetero) is 1. The van der Waals surface area contributed by atoms with Gasteiger partial charge >= 0.3 is 0 Å². The largest absolute Gasteiger partial charge is 0.453 e. The summed E-state index contributed by atoms with van der Waals surface area (Å²) in [6.45, 7) is 2.72. The van der Waals surface area contributed by atoms with Gasteiger partial charge in [-0.2, -0.15) is 0 Å². The van der Waals surface area contributed by atoms with Crippen LogP contribution >= 0.6 is 11.8 Å². The van der Waals surface area contributed by atoms with Gasteiger partial charge in [-0.25, -0.2) is 0 Å². The summed E-state index contributed by atoms with van der Waals surface area (Å²) in [5.41, 5.74) is 1.53. The second-order valence-corrected chi connectivity index (χ2v) is 6.72. The number of rotatable bonds is 6. The summed E-state index contributed by atoms with van der Waals surface area (Å²) < 4.78 is 7.88. The van der Waals surface area contributed by atoms with Crippen LogP contribution in [0.2, 0.25) is 0 Å². The Morgan fingerprint density at radius 1 is 1.08 bits per heavy atom. The van der Waals surface area contributed by atoms with Gasteiger partial charge in [-0.1, -0.05) is 60.3 Å². The maximum atomic E-state index is 12.3. The molecule has 0 unspecified atom stereocenters. The second kappa shape index (κ2) is 7.17. The van der Waals surface area contributed by atoms with Gasteiger partial charge in [-0.3, -0.25) is 9.36 Å². The van der Waals surface area contributed by atoms with E-state index in [4.69, 9.17) is 4.42 Å². The molecule has 0 atom stereocenters. The number of carbonyl (C=O) groups excluding carboxylic acids is 1. The molecule has 4 aromatic rings. The van der Waals surface area contributed by atoms with Crippen LogP contribution in [-0.2, 0) is 6.54 Å². The van der Waals surface area contributed by atoms with Crippen molar-refractivity contribution in [2.75, 3.05) is 5.75 Å². The standard InChI is InChI=1S/C20H17N3O2S/c1-2-23-19(18-12-15-10-6-7-11-17(15)25-18)21-22-20(23)26-13-16(24)14-8-4-3-5-9-14/h3-12H,2,13H2,1H3. The van der Waals surface area contributed by atoms with Gasteiger partial charge in [0.15, 0.2) is 16.7 Å². The highest BCUT2D eigenvalue weighted by atomic mass is 32.2. The van der Waals surface area contributed by atoms with Gasteiger partial charge in [0.2, 0.25) is 5.82 Å². The molecule has 0 aliphatic carbocycles. The van der Waals surface area contributed by atoms with Gasteiger partial charge < -0.3 is 4.42 Å². The lowest BCUT2D eigenvalue weighted by molar-refractivity contribution is 0.102. The van der Waals surface area contributed by atoms with Crippen LogP contribution in [-0.4, -0.2) is 26.3 Å². The van der Waals surface area contributed by atoms with Crippen molar-refractivity contribution in [2.24, 2.45) is 0 Å². The van der Waals surface area contributed by atoms with E-state index in [1.165, 1.54) is 11.8 Å². The first-order valence-corrected chi connectivity index (χ1v) is 9.38. The first-order chi connectivity index (χ1) is 12.8. The van der Waals surface area contributed by atoms with Crippen molar-refractivity contribution < 1.29 is 9.21 Å². The molecule has 0 spiro atoms. The van der Waals surface area contributed by atoms with Gasteiger partial charge in [-0.05, 0) is 19.1 Å². The second-order valence-electron chi connectivity index (χ2n) is 5.78. The average Bonchev–Trinajstić information content (AvgIpc) is 3.29. The quantitative estimate of drug-likeness (QED) is 0.367. The molecule has 2 heterocycles. The molecule has 2 aromatic carbocycles. The Morgan fingerprint density at radius 2 is 1.85 bits per heavy atom. The smallest absolute Gasteiger partial charge is 0.200 e. The molecule has 0 aliphatic heterocycles. The molecule has 0 saturated carbocycles. The molecule has 0 amide bonds. The lowest BCUT2D eigenvalue weighted by Crippen LogP contribution is -2.04. The SMILES string of the molecule is CCn1c(SCC(=O)c2ccccc2)nnc1-c1cc2ccccc2o1. The van der Waals surface area contributed by atoms with Crippen molar-refractivity contribution in [1.29, 1.82) is 0 Å². The molecule has 26 heavy (non-hydrogen) atoms. The number of hydrogen-bond acceptors (Lipinski definition) is 5. The topological polar surface area (TPSA) is 60.9 Å². The van der Waals surface area contributed by atoms with E-state index in [0.29, 0.717) is 34.6 Å². The highest BCUT2D eigenvalue weighted by molar-refractivity contribution is 7.99. The van der Waals surface area contributed by atoms with Crippen molar-refractivity contribution in [1.82, 2.24) is 14.8 Å². The maximum Gasteiger partial charge on any atom is 0.200 e. The molecule has 4 rings (SSSR count). The number of para-hydroxylation sites is 1. The van der Waals surface area contributed by atoms with E-state index in [2.05, 4.69) is 10.2 Å². The zero-order valence-corrected chi connectivity index (χ0v) is 15.1. The molecule has 0 radical (unpaired) electrons. The molecular formula is C20H17N3O2S. The summed E-state index contributed by atoms with van der Waals surface area (Å²) >= 11 is 1.40. The summed E-state index contributed by atoms with van der Waals surface area (Å²) in [7, 11) is 0. The highest BCUT2D eigenvalue weighted by Crippen LogP contribution is 2.29. The lowest BCUT2D eigenvalue weighted by atomic mass is 10.2. The number of nitrogens with zero attached hydrogens (tertiary/aromatic N) is 3. The third kappa shape index (κ3) is 3.15. The monoisotopic (exact) mass is 363 g/mol. The van der Waals surface area contributed by atoms with E-state index in [1.54, 1.807) is 0 Å². The Balaban J connectivity index is 1.57. The fourth-order valence-electron chi connectivity index (χ4n) is 2.79. The molecule has 0 aliphatic rings. The van der Waals surface area contributed by atoms with E-state index in [9.17, 15) is 4.79 Å². The van der Waals surface area contributed by atoms with E-state index in [0.717, 1.165) is 11.0 Å². The third-order valence-corrected chi connectivity index (χ3v) is 5.07. The Hall–Kier alpha value is -2.86. The van der Waals surface area contributed by atoms with Crippen LogP contribution in [0.3, 0.4) is 0 Å². The minimum atomic E-state index is 0.0755. The van der Waals surface area contributed by atoms with Gasteiger partial charge in [0.1, 0.15) is 5.58 Å². The zero-order valence-electron chi connectivity index (χ0n) is 14.3. The number of benzene rings is 2. The first-order valence-electron chi connectivity index (χ1n) is 8.39. The van der Waals surface area contributed by atoms with Crippen molar-refractivity contribution in [3.63, 3.8) is 0 Å². The zero-order chi connectivity index (χ0) is 17.9. The normalized spacial score (nSPS) is 11.1. The van der Waals surface area contributed by atoms with E-state index < -0.39 is 0 Å². The minimum absolute atomic E-state index is 0.0755. The minimum Gasteiger partial charge on any atom is -0.453 e. The third-order valence-electron chi connectivity index (χ3n) is 4.11. The molecule has 130 valence electrons. The van der Waals surface area contributed by atoms with Crippen LogP contribution in [0.1, 0.15) is 17.3 Å². The van der Waals surface area contributed by atoms with Crippen LogP contribution in [0.4, 0.5) is 0 Å². The van der Waals surface area contributed by atoms with Crippen LogP contribution in [0.25, 0.3) is 22.6 Å². The lowest BCUT2D eigenvalue weighted by Gasteiger charge is -2.05. The number of fused-ring (bicyclic) bond motifs is 1. The summed E-state index contributed by atoms with van der Waals surface area (Å²) in [6, 6.07) is 19.1. The summed E-state index contributed by atoms with van der Waals surface area (Å²) in [4.78, 5) is 12.3. The summed E-state index contributed by atoms with van der Waals surface area (Å²) in [6.07, 6.45) is 0. The van der Waals surface area contributed by atoms with Crippen molar-refractivity contribution in [3.05, 3.63) is 66.2 Å². The Labute approximate surface area is 155 Å². The molecular weight excluding hydrogens is 346 g/mol. The van der Waals surface area contributed by atoms with Gasteiger partial charge in [0.05, 0.1) is 5.75 Å². The number of aromatic nitrogens is 3. The average molecular weight is 363 g/mol. The molecule has 0 bridgehead atoms. The van der Waals surface area contributed by atoms with Crippen molar-refractivity contribution in [2.45, 2.75) is 18.6 Å². The van der Waals surface area contributed by atoms with Crippen LogP contribution in [0.15, 0.2) is 70.2 Å². The summed E-state index contributed by atoms with van der Waals surface area (Å²) in [5, 5.41) is 10.3. The highest BCUT2D eigenvalue weighted by Gasteiger charge is 2.18. The van der Waals surface area contributed by atoms with Crippen LogP contribution in [0.5, 0.6) is 0 Å². The molecule has 0 saturated heterocycles. The number of carbonyl (C=O) groups is 1. The predicted octanol–water partition coefficient (Wildman–Crippen LogP) is 4.69. The van der Waals surface area contributed by atoms with Crippen LogP contribution < -0.4 is 0 Å². The van der Waals surface area contributed by atoms with Gasteiger partial charge in [-0.15, -0.1) is 10.2 Å². The Bertz CT molecular complexity index is 1020. The van der Waals surface area contributed by atoms with Gasteiger partial charge in [0.25, 0.3) is 0 Å². The molecule has 0 N–H and O–H groups in total. The van der Waals surface area contributed by atoms with Crippen molar-refractivity contribution in [3.8, 4) is 11.6 Å². The Kier molecular flexibility index (Phi) is 4.58. The van der Waals surface area contributed by atoms with Gasteiger partial charge in [0, 0.05) is 17.5 Å². The fourth-order valence-corrected chi connectivity index (χ4v) is 3.69. The molecule has 0 fully saturated rings. The first kappa shape index (κ1) is 16.6. The molecule has 2 aromatic heterocycles. The fraction of sp³-hybridized carbons (Fsp3) is 0.150. The van der Waals surface area contributed by atoms with E-state index in [-0.39, 0.29) is 5.78 Å². The van der Waals surface area contributed by atoms with Crippen molar-refractivity contribution >= 4 is 28.5 Å².